The molecule has 1 unspecified atom stereocenters. The summed E-state index contributed by atoms with van der Waals surface area (Å²) in [5.41, 5.74) is 2.93. The minimum Gasteiger partial charge on any atom is -0.495 e. The summed E-state index contributed by atoms with van der Waals surface area (Å²) in [4.78, 5) is 48.6. The first-order valence-corrected chi connectivity index (χ1v) is 14.2. The Hall–Kier alpha value is -4.22. The smallest absolute Gasteiger partial charge is 0.269 e. The number of aromatic nitrogens is 2. The number of pyridine rings is 2. The molecule has 4 heterocycles. The number of rotatable bonds is 9. The molecule has 12 heteroatoms. The lowest BCUT2D eigenvalue weighted by molar-refractivity contribution is -0.121. The highest BCUT2D eigenvalue weighted by atomic mass is 35.5. The van der Waals surface area contributed by atoms with Crippen molar-refractivity contribution in [2.24, 2.45) is 5.16 Å². The zero-order chi connectivity index (χ0) is 29.6. The SMILES string of the molecule is CNC(=O)c1ccc(NC(=O)C(C[C@@H]2CCCCO2)n2cc(OC)c(-c3cc(Cl)ccc3C3=NOCC3)cc2=O)cn1. The van der Waals surface area contributed by atoms with Gasteiger partial charge in [0.1, 0.15) is 24.1 Å². The van der Waals surface area contributed by atoms with Crippen LogP contribution in [0.25, 0.3) is 11.1 Å². The van der Waals surface area contributed by atoms with E-state index < -0.39 is 17.5 Å². The Morgan fingerprint density at radius 3 is 2.67 bits per heavy atom. The Kier molecular flexibility index (Phi) is 9.19. The third-order valence-corrected chi connectivity index (χ3v) is 7.58. The maximum Gasteiger partial charge on any atom is 0.269 e. The Morgan fingerprint density at radius 1 is 1.14 bits per heavy atom. The van der Waals surface area contributed by atoms with Crippen molar-refractivity contribution >= 4 is 34.8 Å². The first-order chi connectivity index (χ1) is 20.4. The number of amides is 2. The van der Waals surface area contributed by atoms with Crippen LogP contribution in [0.4, 0.5) is 5.69 Å². The lowest BCUT2D eigenvalue weighted by atomic mass is 9.95. The molecule has 0 saturated carbocycles. The molecule has 1 aromatic carbocycles. The lowest BCUT2D eigenvalue weighted by Crippen LogP contribution is -2.36. The molecule has 2 aliphatic rings. The summed E-state index contributed by atoms with van der Waals surface area (Å²) < 4.78 is 13.1. The van der Waals surface area contributed by atoms with E-state index in [1.807, 2.05) is 6.07 Å². The monoisotopic (exact) mass is 593 g/mol. The number of carbonyl (C=O) groups is 2. The molecule has 0 spiro atoms. The Morgan fingerprint density at radius 2 is 2.00 bits per heavy atom. The first kappa shape index (κ1) is 29.3. The molecule has 0 radical (unpaired) electrons. The maximum atomic E-state index is 13.7. The number of nitrogens with one attached hydrogen (secondary N) is 2. The van der Waals surface area contributed by atoms with Crippen LogP contribution < -0.4 is 20.9 Å². The molecule has 1 fully saturated rings. The topological polar surface area (TPSA) is 133 Å². The fourth-order valence-corrected chi connectivity index (χ4v) is 5.35. The zero-order valence-electron chi connectivity index (χ0n) is 23.4. The van der Waals surface area contributed by atoms with Crippen molar-refractivity contribution in [2.75, 3.05) is 32.7 Å². The fraction of sp³-hybridized carbons (Fsp3) is 0.367. The predicted octanol–water partition coefficient (Wildman–Crippen LogP) is 4.20. The van der Waals surface area contributed by atoms with Gasteiger partial charge in [-0.15, -0.1) is 0 Å². The van der Waals surface area contributed by atoms with Crippen LogP contribution in [0.15, 0.2) is 58.7 Å². The summed E-state index contributed by atoms with van der Waals surface area (Å²) in [5.74, 6) is -0.373. The maximum absolute atomic E-state index is 13.7. The zero-order valence-corrected chi connectivity index (χ0v) is 24.1. The van der Waals surface area contributed by atoms with Crippen LogP contribution >= 0.6 is 11.6 Å². The van der Waals surface area contributed by atoms with Gasteiger partial charge in [-0.2, -0.15) is 0 Å². The molecule has 2 aliphatic heterocycles. The van der Waals surface area contributed by atoms with Gasteiger partial charge in [-0.1, -0.05) is 22.8 Å². The van der Waals surface area contributed by atoms with E-state index in [4.69, 9.17) is 25.9 Å². The summed E-state index contributed by atoms with van der Waals surface area (Å²) in [6.07, 6.45) is 6.39. The Balaban J connectivity index is 1.52. The van der Waals surface area contributed by atoms with Gasteiger partial charge in [0.05, 0.1) is 37.0 Å². The van der Waals surface area contributed by atoms with Gasteiger partial charge in [0.15, 0.2) is 0 Å². The van der Waals surface area contributed by atoms with Gasteiger partial charge < -0.3 is 24.9 Å². The predicted molar refractivity (Wildman–Crippen MR) is 158 cm³/mol. The minimum absolute atomic E-state index is 0.194. The van der Waals surface area contributed by atoms with Crippen LogP contribution in [0.1, 0.15) is 54.2 Å². The standard InChI is InChI=1S/C30H32ClN5O6/c1-32-29(38)25-9-7-19(16-33-25)34-30(39)26(14-20-5-3-4-11-41-20)36-17-27(40-2)23(15-28(36)37)22-13-18(31)6-8-21(22)24-10-12-42-35-24/h6-9,13,15-17,20,26H,3-5,10-12,14H2,1-2H3,(H,32,38)(H,34,39)/t20-,26?/m0/s1. The number of nitrogens with zero attached hydrogens (tertiary/aromatic N) is 3. The first-order valence-electron chi connectivity index (χ1n) is 13.8. The average Bonchev–Trinajstić information content (AvgIpc) is 3.55. The van der Waals surface area contributed by atoms with E-state index >= 15 is 0 Å². The number of hydrogen-bond donors (Lipinski definition) is 2. The van der Waals surface area contributed by atoms with Gasteiger partial charge in [-0.05, 0) is 49.1 Å². The van der Waals surface area contributed by atoms with Crippen molar-refractivity contribution < 1.29 is 23.9 Å². The van der Waals surface area contributed by atoms with Crippen molar-refractivity contribution in [2.45, 2.75) is 44.2 Å². The summed E-state index contributed by atoms with van der Waals surface area (Å²) in [6.45, 7) is 1.08. The summed E-state index contributed by atoms with van der Waals surface area (Å²) in [5, 5.41) is 9.99. The second-order valence-electron chi connectivity index (χ2n) is 10.1. The molecule has 0 aliphatic carbocycles. The Bertz CT molecular complexity index is 1550. The van der Waals surface area contributed by atoms with E-state index in [-0.39, 0.29) is 24.1 Å². The van der Waals surface area contributed by atoms with Crippen molar-refractivity contribution in [1.82, 2.24) is 14.9 Å². The van der Waals surface area contributed by atoms with Gasteiger partial charge in [-0.3, -0.25) is 19.0 Å². The second kappa shape index (κ2) is 13.2. The molecule has 42 heavy (non-hydrogen) atoms. The van der Waals surface area contributed by atoms with E-state index in [9.17, 15) is 14.4 Å². The third kappa shape index (κ3) is 6.47. The number of carbonyl (C=O) groups excluding carboxylic acids is 2. The second-order valence-corrected chi connectivity index (χ2v) is 10.5. The number of ether oxygens (including phenoxy) is 2. The number of hydrogen-bond acceptors (Lipinski definition) is 8. The molecule has 2 atom stereocenters. The normalized spacial score (nSPS) is 17.1. The number of benzene rings is 1. The van der Waals surface area contributed by atoms with E-state index in [1.54, 1.807) is 24.4 Å². The van der Waals surface area contributed by atoms with E-state index in [1.165, 1.54) is 37.1 Å². The van der Waals surface area contributed by atoms with E-state index in [2.05, 4.69) is 20.8 Å². The number of oxime groups is 1. The summed E-state index contributed by atoms with van der Waals surface area (Å²) in [6, 6.07) is 9.01. The van der Waals surface area contributed by atoms with Crippen LogP contribution in [0.2, 0.25) is 5.02 Å². The van der Waals surface area contributed by atoms with Crippen LogP contribution in [0.3, 0.4) is 0 Å². The molecular formula is C30H32ClN5O6. The molecule has 11 nitrogen and oxygen atoms in total. The van der Waals surface area contributed by atoms with E-state index in [0.717, 1.165) is 30.5 Å². The molecule has 2 amide bonds. The van der Waals surface area contributed by atoms with E-state index in [0.29, 0.717) is 47.2 Å². The van der Waals surface area contributed by atoms with Crippen LogP contribution in [-0.2, 0) is 14.4 Å². The number of anilines is 1. The number of methoxy groups -OCH3 is 1. The molecule has 2 N–H and O–H groups in total. The van der Waals surface area contributed by atoms with Gasteiger partial charge in [0.2, 0.25) is 5.91 Å². The average molecular weight is 594 g/mol. The van der Waals surface area contributed by atoms with Gasteiger partial charge >= 0.3 is 0 Å². The molecule has 3 aromatic rings. The van der Waals surface area contributed by atoms with Crippen LogP contribution in [0.5, 0.6) is 5.75 Å². The van der Waals surface area contributed by atoms with Gasteiger partial charge in [0.25, 0.3) is 11.5 Å². The van der Waals surface area contributed by atoms with Crippen molar-refractivity contribution in [1.29, 1.82) is 0 Å². The van der Waals surface area contributed by atoms with Gasteiger partial charge in [0, 0.05) is 48.7 Å². The molecule has 5 rings (SSSR count). The minimum atomic E-state index is -0.909. The highest BCUT2D eigenvalue weighted by molar-refractivity contribution is 6.31. The molecular weight excluding hydrogens is 562 g/mol. The van der Waals surface area contributed by atoms with Crippen LogP contribution in [0, 0.1) is 0 Å². The van der Waals surface area contributed by atoms with Crippen molar-refractivity contribution in [3.8, 4) is 16.9 Å². The summed E-state index contributed by atoms with van der Waals surface area (Å²) >= 11 is 6.36. The molecule has 1 saturated heterocycles. The third-order valence-electron chi connectivity index (χ3n) is 7.34. The lowest BCUT2D eigenvalue weighted by Gasteiger charge is -2.28. The largest absolute Gasteiger partial charge is 0.495 e. The number of halogens is 1. The quantitative estimate of drug-likeness (QED) is 0.380. The van der Waals surface area contributed by atoms with Crippen molar-refractivity contribution in [3.05, 3.63) is 75.4 Å². The summed E-state index contributed by atoms with van der Waals surface area (Å²) in [7, 11) is 3.02. The molecule has 0 bridgehead atoms. The van der Waals surface area contributed by atoms with Crippen LogP contribution in [-0.4, -0.2) is 60.6 Å². The van der Waals surface area contributed by atoms with Crippen molar-refractivity contribution in [3.63, 3.8) is 0 Å². The highest BCUT2D eigenvalue weighted by Gasteiger charge is 2.29. The molecule has 220 valence electrons. The van der Waals surface area contributed by atoms with Gasteiger partial charge in [-0.25, -0.2) is 4.98 Å². The molecule has 2 aromatic heterocycles. The fourth-order valence-electron chi connectivity index (χ4n) is 5.18. The highest BCUT2D eigenvalue weighted by Crippen LogP contribution is 2.35. The Labute approximate surface area is 247 Å².